The van der Waals surface area contributed by atoms with Crippen LogP contribution in [0, 0.1) is 13.8 Å². The zero-order chi connectivity index (χ0) is 16.3. The molecule has 2 rings (SSSR count). The summed E-state index contributed by atoms with van der Waals surface area (Å²) >= 11 is 1.35. The van der Waals surface area contributed by atoms with E-state index in [1.54, 1.807) is 30.3 Å². The summed E-state index contributed by atoms with van der Waals surface area (Å²) in [4.78, 5) is 25.2. The molecule has 1 unspecified atom stereocenters. The van der Waals surface area contributed by atoms with E-state index in [1.807, 2.05) is 13.8 Å². The number of ether oxygens (including phenoxy) is 1. The minimum absolute atomic E-state index is 0.385. The van der Waals surface area contributed by atoms with Crippen LogP contribution >= 0.6 is 11.3 Å². The number of aryl methyl sites for hydroxylation is 2. The Hall–Kier alpha value is -2.34. The highest BCUT2D eigenvalue weighted by Gasteiger charge is 2.23. The number of carboxylic acids is 1. The molecule has 22 heavy (non-hydrogen) atoms. The van der Waals surface area contributed by atoms with Crippen molar-refractivity contribution in [2.24, 2.45) is 0 Å². The number of hydrogen-bond acceptors (Lipinski definition) is 4. The van der Waals surface area contributed by atoms with E-state index >= 15 is 0 Å². The van der Waals surface area contributed by atoms with E-state index in [4.69, 9.17) is 4.74 Å². The first-order valence-electron chi connectivity index (χ1n) is 6.67. The molecule has 6 heteroatoms. The monoisotopic (exact) mass is 319 g/mol. The predicted molar refractivity (Wildman–Crippen MR) is 84.6 cm³/mol. The Labute approximate surface area is 132 Å². The van der Waals surface area contributed by atoms with Gasteiger partial charge in [0.15, 0.2) is 6.04 Å². The minimum Gasteiger partial charge on any atom is -0.497 e. The molecule has 0 aliphatic carbocycles. The molecule has 1 atom stereocenters. The van der Waals surface area contributed by atoms with Crippen molar-refractivity contribution in [2.45, 2.75) is 19.9 Å². The summed E-state index contributed by atoms with van der Waals surface area (Å²) in [6.45, 7) is 3.84. The molecule has 1 heterocycles. The van der Waals surface area contributed by atoms with E-state index in [2.05, 4.69) is 5.32 Å². The van der Waals surface area contributed by atoms with Gasteiger partial charge in [-0.15, -0.1) is 11.3 Å². The van der Waals surface area contributed by atoms with E-state index in [1.165, 1.54) is 18.4 Å². The third-order valence-corrected chi connectivity index (χ3v) is 4.51. The largest absolute Gasteiger partial charge is 0.497 e. The molecule has 1 aromatic carbocycles. The Morgan fingerprint density at radius 1 is 1.23 bits per heavy atom. The third kappa shape index (κ3) is 3.46. The summed E-state index contributed by atoms with van der Waals surface area (Å²) in [5.74, 6) is -0.864. The van der Waals surface area contributed by atoms with Gasteiger partial charge >= 0.3 is 5.97 Å². The lowest BCUT2D eigenvalue weighted by Gasteiger charge is -2.14. The maximum absolute atomic E-state index is 12.2. The number of aliphatic carboxylic acids is 1. The van der Waals surface area contributed by atoms with E-state index in [9.17, 15) is 14.7 Å². The Bertz CT molecular complexity index is 671. The zero-order valence-corrected chi connectivity index (χ0v) is 13.4. The van der Waals surface area contributed by atoms with Gasteiger partial charge in [0, 0.05) is 4.88 Å². The number of carbonyl (C=O) groups is 2. The Morgan fingerprint density at radius 2 is 1.86 bits per heavy atom. The molecule has 0 radical (unpaired) electrons. The topological polar surface area (TPSA) is 75.6 Å². The fraction of sp³-hybridized carbons (Fsp3) is 0.250. The molecule has 5 nitrogen and oxygen atoms in total. The summed E-state index contributed by atoms with van der Waals surface area (Å²) in [5.41, 5.74) is 1.51. The van der Waals surface area contributed by atoms with Gasteiger partial charge in [-0.1, -0.05) is 12.1 Å². The fourth-order valence-electron chi connectivity index (χ4n) is 1.97. The summed E-state index contributed by atoms with van der Waals surface area (Å²) in [5, 5.41) is 11.9. The SMILES string of the molecule is COc1ccc(C(NC(=O)c2cc(C)c(C)s2)C(=O)O)cc1. The molecule has 2 N–H and O–H groups in total. The van der Waals surface area contributed by atoms with Crippen molar-refractivity contribution in [1.29, 1.82) is 0 Å². The van der Waals surface area contributed by atoms with Gasteiger partial charge in [0.05, 0.1) is 12.0 Å². The van der Waals surface area contributed by atoms with E-state index in [0.29, 0.717) is 16.2 Å². The number of rotatable bonds is 5. The van der Waals surface area contributed by atoms with Gasteiger partial charge in [-0.2, -0.15) is 0 Å². The van der Waals surface area contributed by atoms with Crippen molar-refractivity contribution in [3.05, 3.63) is 51.2 Å². The normalized spacial score (nSPS) is 11.8. The second-order valence-electron chi connectivity index (χ2n) is 4.87. The van der Waals surface area contributed by atoms with Gasteiger partial charge in [-0.05, 0) is 43.2 Å². The van der Waals surface area contributed by atoms with E-state index in [0.717, 1.165) is 10.4 Å². The number of hydrogen-bond donors (Lipinski definition) is 2. The molecule has 2 aromatic rings. The number of carboxylic acid groups (broad SMARTS) is 1. The number of thiophene rings is 1. The van der Waals surface area contributed by atoms with Crippen LogP contribution < -0.4 is 10.1 Å². The van der Waals surface area contributed by atoms with Gasteiger partial charge in [-0.3, -0.25) is 4.79 Å². The number of carbonyl (C=O) groups excluding carboxylic acids is 1. The predicted octanol–water partition coefficient (Wildman–Crippen LogP) is 2.93. The highest BCUT2D eigenvalue weighted by molar-refractivity contribution is 7.14. The second kappa shape index (κ2) is 6.62. The Morgan fingerprint density at radius 3 is 2.32 bits per heavy atom. The maximum atomic E-state index is 12.2. The highest BCUT2D eigenvalue weighted by atomic mass is 32.1. The molecular weight excluding hydrogens is 302 g/mol. The molecule has 116 valence electrons. The van der Waals surface area contributed by atoms with E-state index < -0.39 is 12.0 Å². The summed E-state index contributed by atoms with van der Waals surface area (Å²) in [6, 6.07) is 7.25. The summed E-state index contributed by atoms with van der Waals surface area (Å²) in [7, 11) is 1.53. The van der Waals surface area contributed by atoms with Crippen molar-refractivity contribution < 1.29 is 19.4 Å². The molecule has 0 aliphatic rings. The lowest BCUT2D eigenvalue weighted by Crippen LogP contribution is -2.33. The molecule has 0 saturated carbocycles. The molecule has 0 fully saturated rings. The quantitative estimate of drug-likeness (QED) is 0.888. The number of benzene rings is 1. The van der Waals surface area contributed by atoms with Gasteiger partial charge in [0.25, 0.3) is 5.91 Å². The van der Waals surface area contributed by atoms with Crippen LogP contribution in [0.25, 0.3) is 0 Å². The van der Waals surface area contributed by atoms with Gasteiger partial charge in [0.2, 0.25) is 0 Å². The van der Waals surface area contributed by atoms with Crippen molar-refractivity contribution >= 4 is 23.2 Å². The average Bonchev–Trinajstić information content (AvgIpc) is 2.84. The standard InChI is InChI=1S/C16H17NO4S/c1-9-8-13(22-10(9)2)15(18)17-14(16(19)20)11-4-6-12(21-3)7-5-11/h4-8,14H,1-3H3,(H,17,18)(H,19,20). The highest BCUT2D eigenvalue weighted by Crippen LogP contribution is 2.23. The van der Waals surface area contributed by atoms with Crippen molar-refractivity contribution in [1.82, 2.24) is 5.32 Å². The van der Waals surface area contributed by atoms with Crippen LogP contribution in [0.2, 0.25) is 0 Å². The summed E-state index contributed by atoms with van der Waals surface area (Å²) in [6.07, 6.45) is 0. The first-order chi connectivity index (χ1) is 10.4. The van der Waals surface area contributed by atoms with Crippen LogP contribution in [0.5, 0.6) is 5.75 Å². The van der Waals surface area contributed by atoms with Crippen LogP contribution in [-0.2, 0) is 4.79 Å². The van der Waals surface area contributed by atoms with Crippen LogP contribution in [0.3, 0.4) is 0 Å². The fourth-order valence-corrected chi connectivity index (χ4v) is 2.91. The van der Waals surface area contributed by atoms with Crippen LogP contribution in [0.15, 0.2) is 30.3 Å². The second-order valence-corrected chi connectivity index (χ2v) is 6.12. The molecule has 1 amide bonds. The Balaban J connectivity index is 2.21. The first kappa shape index (κ1) is 16.0. The molecule has 0 aliphatic heterocycles. The smallest absolute Gasteiger partial charge is 0.330 e. The van der Waals surface area contributed by atoms with Crippen molar-refractivity contribution in [3.63, 3.8) is 0 Å². The van der Waals surface area contributed by atoms with Crippen LogP contribution in [0.4, 0.5) is 0 Å². The molecule has 0 saturated heterocycles. The van der Waals surface area contributed by atoms with E-state index in [-0.39, 0.29) is 5.91 Å². The minimum atomic E-state index is -1.11. The van der Waals surface area contributed by atoms with Crippen LogP contribution in [-0.4, -0.2) is 24.1 Å². The van der Waals surface area contributed by atoms with Crippen LogP contribution in [0.1, 0.15) is 31.7 Å². The summed E-state index contributed by atoms with van der Waals surface area (Å²) < 4.78 is 5.04. The lowest BCUT2D eigenvalue weighted by molar-refractivity contribution is -0.139. The maximum Gasteiger partial charge on any atom is 0.330 e. The molecular formula is C16H17NO4S. The van der Waals surface area contributed by atoms with Gasteiger partial charge in [0.1, 0.15) is 5.75 Å². The van der Waals surface area contributed by atoms with Gasteiger partial charge in [-0.25, -0.2) is 4.79 Å². The molecule has 0 bridgehead atoms. The Kier molecular flexibility index (Phi) is 4.82. The average molecular weight is 319 g/mol. The molecule has 0 spiro atoms. The lowest BCUT2D eigenvalue weighted by atomic mass is 10.1. The number of amides is 1. The first-order valence-corrected chi connectivity index (χ1v) is 7.48. The van der Waals surface area contributed by atoms with Crippen molar-refractivity contribution in [3.8, 4) is 5.75 Å². The zero-order valence-electron chi connectivity index (χ0n) is 12.5. The van der Waals surface area contributed by atoms with Crippen molar-refractivity contribution in [2.75, 3.05) is 7.11 Å². The third-order valence-electron chi connectivity index (χ3n) is 3.36. The van der Waals surface area contributed by atoms with Gasteiger partial charge < -0.3 is 15.2 Å². The molecule has 1 aromatic heterocycles. The number of nitrogens with one attached hydrogen (secondary N) is 1. The number of methoxy groups -OCH3 is 1.